The van der Waals surface area contributed by atoms with Crippen molar-refractivity contribution in [3.05, 3.63) is 70.3 Å². The molecule has 0 saturated heterocycles. The van der Waals surface area contributed by atoms with Gasteiger partial charge in [0.05, 0.1) is 17.8 Å². The highest BCUT2D eigenvalue weighted by atomic mass is 79.9. The highest BCUT2D eigenvalue weighted by Gasteiger charge is 2.15. The van der Waals surface area contributed by atoms with Gasteiger partial charge in [-0.15, -0.1) is 0 Å². The summed E-state index contributed by atoms with van der Waals surface area (Å²) in [5, 5.41) is 2.54. The van der Waals surface area contributed by atoms with Crippen LogP contribution >= 0.6 is 15.9 Å². The molecule has 0 aliphatic carbocycles. The molecular weight excluding hydrogens is 375 g/mol. The molecule has 0 spiro atoms. The molecule has 122 valence electrons. The van der Waals surface area contributed by atoms with E-state index in [4.69, 9.17) is 4.42 Å². The molecule has 3 aromatic rings. The Bertz CT molecular complexity index is 892. The zero-order valence-corrected chi connectivity index (χ0v) is 14.4. The summed E-state index contributed by atoms with van der Waals surface area (Å²) in [6.45, 7) is 1.75. The van der Waals surface area contributed by atoms with Gasteiger partial charge in [-0.1, -0.05) is 34.1 Å². The first-order valence-electron chi connectivity index (χ1n) is 7.29. The molecule has 2 aromatic carbocycles. The van der Waals surface area contributed by atoms with Crippen molar-refractivity contribution >= 4 is 27.5 Å². The lowest BCUT2D eigenvalue weighted by Crippen LogP contribution is -2.16. The van der Waals surface area contributed by atoms with Crippen molar-refractivity contribution in [1.29, 1.82) is 0 Å². The minimum absolute atomic E-state index is 0.0116. The van der Waals surface area contributed by atoms with Crippen LogP contribution in [-0.4, -0.2) is 10.9 Å². The quantitative estimate of drug-likeness (QED) is 0.702. The Kier molecular flexibility index (Phi) is 4.76. The number of rotatable bonds is 4. The predicted molar refractivity (Wildman–Crippen MR) is 93.1 cm³/mol. The van der Waals surface area contributed by atoms with Gasteiger partial charge >= 0.3 is 0 Å². The zero-order chi connectivity index (χ0) is 17.1. The molecule has 0 saturated carbocycles. The third kappa shape index (κ3) is 3.71. The molecule has 6 heteroatoms. The van der Waals surface area contributed by atoms with E-state index in [9.17, 15) is 9.18 Å². The number of halogens is 2. The topological polar surface area (TPSA) is 55.1 Å². The Morgan fingerprint density at radius 3 is 2.79 bits per heavy atom. The van der Waals surface area contributed by atoms with Crippen LogP contribution in [0.15, 0.2) is 57.4 Å². The van der Waals surface area contributed by atoms with Gasteiger partial charge in [0.25, 0.3) is 0 Å². The number of hydrogen-bond donors (Lipinski definition) is 1. The molecule has 4 nitrogen and oxygen atoms in total. The van der Waals surface area contributed by atoms with Gasteiger partial charge in [0, 0.05) is 10.0 Å². The normalized spacial score (nSPS) is 10.6. The second-order valence-corrected chi connectivity index (χ2v) is 6.15. The second kappa shape index (κ2) is 6.97. The van der Waals surface area contributed by atoms with Crippen LogP contribution in [-0.2, 0) is 11.2 Å². The predicted octanol–water partition coefficient (Wildman–Crippen LogP) is 4.73. The average Bonchev–Trinajstić information content (AvgIpc) is 2.90. The van der Waals surface area contributed by atoms with E-state index in [1.807, 2.05) is 24.3 Å². The molecule has 1 N–H and O–H groups in total. The fraction of sp³-hybridized carbons (Fsp3) is 0.111. The summed E-state index contributed by atoms with van der Waals surface area (Å²) in [5.74, 6) is 0.186. The van der Waals surface area contributed by atoms with Crippen LogP contribution in [0.3, 0.4) is 0 Å². The van der Waals surface area contributed by atoms with Gasteiger partial charge in [-0.2, -0.15) is 0 Å². The number of para-hydroxylation sites is 1. The summed E-state index contributed by atoms with van der Waals surface area (Å²) in [7, 11) is 0. The lowest BCUT2D eigenvalue weighted by atomic mass is 10.2. The van der Waals surface area contributed by atoms with Gasteiger partial charge in [-0.25, -0.2) is 9.37 Å². The van der Waals surface area contributed by atoms with Crippen molar-refractivity contribution in [3.8, 4) is 11.5 Å². The molecular formula is C18H14BrFN2O2. The van der Waals surface area contributed by atoms with E-state index in [2.05, 4.69) is 26.2 Å². The van der Waals surface area contributed by atoms with Crippen molar-refractivity contribution in [1.82, 2.24) is 4.98 Å². The highest BCUT2D eigenvalue weighted by Crippen LogP contribution is 2.25. The molecule has 0 bridgehead atoms. The number of aromatic nitrogens is 1. The fourth-order valence-electron chi connectivity index (χ4n) is 2.25. The lowest BCUT2D eigenvalue weighted by Gasteiger charge is -2.04. The number of oxazole rings is 1. The third-order valence-corrected chi connectivity index (χ3v) is 3.93. The molecule has 1 aromatic heterocycles. The smallest absolute Gasteiger partial charge is 0.230 e. The third-order valence-electron chi connectivity index (χ3n) is 3.44. The summed E-state index contributed by atoms with van der Waals surface area (Å²) >= 11 is 3.40. The van der Waals surface area contributed by atoms with Gasteiger partial charge in [0.2, 0.25) is 11.8 Å². The van der Waals surface area contributed by atoms with E-state index in [0.717, 1.165) is 10.0 Å². The van der Waals surface area contributed by atoms with Crippen molar-refractivity contribution < 1.29 is 13.6 Å². The summed E-state index contributed by atoms with van der Waals surface area (Å²) in [4.78, 5) is 16.5. The van der Waals surface area contributed by atoms with Crippen LogP contribution in [0.1, 0.15) is 11.5 Å². The van der Waals surface area contributed by atoms with E-state index in [0.29, 0.717) is 17.3 Å². The van der Waals surface area contributed by atoms with Gasteiger partial charge < -0.3 is 9.73 Å². The number of hydrogen-bond acceptors (Lipinski definition) is 3. The van der Waals surface area contributed by atoms with E-state index in [-0.39, 0.29) is 18.0 Å². The Hall–Kier alpha value is -2.47. The summed E-state index contributed by atoms with van der Waals surface area (Å²) in [5.41, 5.74) is 1.49. The molecule has 3 rings (SSSR count). The minimum Gasteiger partial charge on any atom is -0.441 e. The number of anilines is 1. The van der Waals surface area contributed by atoms with Crippen LogP contribution in [0, 0.1) is 12.7 Å². The molecule has 0 radical (unpaired) electrons. The molecule has 1 heterocycles. The number of carbonyl (C=O) groups is 1. The van der Waals surface area contributed by atoms with Crippen LogP contribution in [0.4, 0.5) is 10.1 Å². The SMILES string of the molecule is Cc1oc(-c2cccc(Br)c2)nc1CC(=O)Nc1ccccc1F. The summed E-state index contributed by atoms with van der Waals surface area (Å²) in [6.07, 6.45) is 0.0116. The maximum Gasteiger partial charge on any atom is 0.230 e. The molecule has 0 fully saturated rings. The maximum absolute atomic E-state index is 13.6. The van der Waals surface area contributed by atoms with E-state index in [1.165, 1.54) is 12.1 Å². The van der Waals surface area contributed by atoms with Crippen molar-refractivity contribution in [3.63, 3.8) is 0 Å². The fourth-order valence-corrected chi connectivity index (χ4v) is 2.65. The van der Waals surface area contributed by atoms with Crippen molar-refractivity contribution in [2.45, 2.75) is 13.3 Å². The summed E-state index contributed by atoms with van der Waals surface area (Å²) < 4.78 is 20.1. The number of nitrogens with zero attached hydrogens (tertiary/aromatic N) is 1. The highest BCUT2D eigenvalue weighted by molar-refractivity contribution is 9.10. The molecule has 0 aliphatic rings. The van der Waals surface area contributed by atoms with Crippen LogP contribution in [0.2, 0.25) is 0 Å². The van der Waals surface area contributed by atoms with E-state index >= 15 is 0 Å². The first-order chi connectivity index (χ1) is 11.5. The second-order valence-electron chi connectivity index (χ2n) is 5.24. The maximum atomic E-state index is 13.6. The van der Waals surface area contributed by atoms with Crippen LogP contribution < -0.4 is 5.32 Å². The Labute approximate surface area is 146 Å². The zero-order valence-electron chi connectivity index (χ0n) is 12.8. The number of nitrogens with one attached hydrogen (secondary N) is 1. The molecule has 1 amide bonds. The molecule has 0 atom stereocenters. The monoisotopic (exact) mass is 388 g/mol. The molecule has 0 aliphatic heterocycles. The van der Waals surface area contributed by atoms with Gasteiger partial charge in [-0.3, -0.25) is 4.79 Å². The number of aryl methyl sites for hydroxylation is 1. The molecule has 0 unspecified atom stereocenters. The van der Waals surface area contributed by atoms with Gasteiger partial charge in [0.1, 0.15) is 11.6 Å². The lowest BCUT2D eigenvalue weighted by molar-refractivity contribution is -0.115. The Balaban J connectivity index is 1.76. The summed E-state index contributed by atoms with van der Waals surface area (Å²) in [6, 6.07) is 13.6. The Morgan fingerprint density at radius 1 is 1.25 bits per heavy atom. The number of amides is 1. The van der Waals surface area contributed by atoms with Crippen LogP contribution in [0.5, 0.6) is 0 Å². The van der Waals surface area contributed by atoms with Gasteiger partial charge in [0.15, 0.2) is 0 Å². The standard InChI is InChI=1S/C18H14BrFN2O2/c1-11-16(10-17(23)21-15-8-3-2-7-14(15)20)22-18(24-11)12-5-4-6-13(19)9-12/h2-9H,10H2,1H3,(H,21,23). The van der Waals surface area contributed by atoms with E-state index < -0.39 is 5.82 Å². The van der Waals surface area contributed by atoms with Gasteiger partial charge in [-0.05, 0) is 37.3 Å². The first kappa shape index (κ1) is 16.4. The van der Waals surface area contributed by atoms with Crippen molar-refractivity contribution in [2.24, 2.45) is 0 Å². The number of benzene rings is 2. The molecule has 24 heavy (non-hydrogen) atoms. The minimum atomic E-state index is -0.474. The number of carbonyl (C=O) groups excluding carboxylic acids is 1. The largest absolute Gasteiger partial charge is 0.441 e. The van der Waals surface area contributed by atoms with E-state index in [1.54, 1.807) is 19.1 Å². The average molecular weight is 389 g/mol. The van der Waals surface area contributed by atoms with Crippen molar-refractivity contribution in [2.75, 3.05) is 5.32 Å². The van der Waals surface area contributed by atoms with Crippen LogP contribution in [0.25, 0.3) is 11.5 Å². The first-order valence-corrected chi connectivity index (χ1v) is 8.09. The Morgan fingerprint density at radius 2 is 2.04 bits per heavy atom.